The highest BCUT2D eigenvalue weighted by Crippen LogP contribution is 2.26. The molecule has 0 fully saturated rings. The fourth-order valence-electron chi connectivity index (χ4n) is 3.49. The number of phenols is 1. The number of nitrogens with zero attached hydrogens (tertiary/aromatic N) is 2. The molecule has 1 aromatic heterocycles. The van der Waals surface area contributed by atoms with Crippen molar-refractivity contribution in [3.63, 3.8) is 0 Å². The number of hydrazone groups is 1. The van der Waals surface area contributed by atoms with E-state index >= 15 is 0 Å². The molecule has 3 aromatic carbocycles. The molecular weight excluding hydrogens is 394 g/mol. The van der Waals surface area contributed by atoms with Crippen molar-refractivity contribution in [3.8, 4) is 11.5 Å². The van der Waals surface area contributed by atoms with Crippen molar-refractivity contribution in [2.45, 2.75) is 13.5 Å². The monoisotopic (exact) mass is 415 g/mol. The summed E-state index contributed by atoms with van der Waals surface area (Å²) in [5.41, 5.74) is 4.50. The molecule has 156 valence electrons. The first-order valence-corrected chi connectivity index (χ1v) is 9.86. The van der Waals surface area contributed by atoms with Gasteiger partial charge in [0.25, 0.3) is 5.91 Å². The van der Waals surface area contributed by atoms with Gasteiger partial charge in [-0.1, -0.05) is 24.3 Å². The number of carbonyl (C=O) groups excluding carboxylic acids is 1. The zero-order valence-electron chi connectivity index (χ0n) is 16.9. The van der Waals surface area contributed by atoms with E-state index in [2.05, 4.69) is 10.5 Å². The van der Waals surface area contributed by atoms with Crippen LogP contribution in [0.15, 0.2) is 76.6 Å². The standard InChI is InChI=1S/C24H21N3O4/c1-2-31-22-13-16(11-12-21(22)28)14-25-26-23(29)15-27-19-9-5-3-7-17(19)24(30)18-8-4-6-10-20(18)27/h3-14,28H,2,15H2,1H3,(H,26,29). The predicted molar refractivity (Wildman–Crippen MR) is 121 cm³/mol. The molecule has 4 aromatic rings. The third-order valence-electron chi connectivity index (χ3n) is 4.87. The molecule has 0 aliphatic rings. The van der Waals surface area contributed by atoms with Crippen LogP contribution in [-0.2, 0) is 11.3 Å². The summed E-state index contributed by atoms with van der Waals surface area (Å²) >= 11 is 0. The van der Waals surface area contributed by atoms with E-state index in [1.807, 2.05) is 35.8 Å². The van der Waals surface area contributed by atoms with Crippen LogP contribution in [0.3, 0.4) is 0 Å². The Kier molecular flexibility index (Phi) is 5.66. The minimum absolute atomic E-state index is 0.00157. The second-order valence-electron chi connectivity index (χ2n) is 6.90. The highest BCUT2D eigenvalue weighted by molar-refractivity contribution is 5.95. The quantitative estimate of drug-likeness (QED) is 0.287. The topological polar surface area (TPSA) is 92.9 Å². The summed E-state index contributed by atoms with van der Waals surface area (Å²) < 4.78 is 7.16. The molecule has 0 aliphatic heterocycles. The van der Waals surface area contributed by atoms with Crippen molar-refractivity contribution in [1.82, 2.24) is 9.99 Å². The van der Waals surface area contributed by atoms with E-state index in [9.17, 15) is 14.7 Å². The number of ether oxygens (including phenoxy) is 1. The van der Waals surface area contributed by atoms with Crippen LogP contribution >= 0.6 is 0 Å². The average Bonchev–Trinajstić information content (AvgIpc) is 2.79. The summed E-state index contributed by atoms with van der Waals surface area (Å²) in [6.07, 6.45) is 1.47. The Bertz CT molecular complexity index is 1300. The van der Waals surface area contributed by atoms with Crippen molar-refractivity contribution in [3.05, 3.63) is 82.5 Å². The maximum Gasteiger partial charge on any atom is 0.260 e. The van der Waals surface area contributed by atoms with Crippen LogP contribution in [0.1, 0.15) is 12.5 Å². The molecule has 2 N–H and O–H groups in total. The molecule has 1 heterocycles. The highest BCUT2D eigenvalue weighted by Gasteiger charge is 2.12. The number of benzene rings is 3. The van der Waals surface area contributed by atoms with Crippen LogP contribution in [0.2, 0.25) is 0 Å². The van der Waals surface area contributed by atoms with Crippen LogP contribution in [0.4, 0.5) is 0 Å². The molecule has 31 heavy (non-hydrogen) atoms. The number of aromatic hydroxyl groups is 1. The number of phenolic OH excluding ortho intramolecular Hbond substituents is 1. The third kappa shape index (κ3) is 4.11. The lowest BCUT2D eigenvalue weighted by molar-refractivity contribution is -0.121. The number of fused-ring (bicyclic) bond motifs is 2. The summed E-state index contributed by atoms with van der Waals surface area (Å²) in [6.45, 7) is 2.25. The Hall–Kier alpha value is -4.13. The van der Waals surface area contributed by atoms with Crippen molar-refractivity contribution in [1.29, 1.82) is 0 Å². The van der Waals surface area contributed by atoms with Gasteiger partial charge >= 0.3 is 0 Å². The van der Waals surface area contributed by atoms with Gasteiger partial charge in [-0.15, -0.1) is 0 Å². The molecule has 0 saturated carbocycles. The van der Waals surface area contributed by atoms with Gasteiger partial charge in [0.2, 0.25) is 0 Å². The average molecular weight is 415 g/mol. The van der Waals surface area contributed by atoms with E-state index in [4.69, 9.17) is 4.74 Å². The number of aromatic nitrogens is 1. The number of pyridine rings is 1. The summed E-state index contributed by atoms with van der Waals surface area (Å²) in [5, 5.41) is 14.9. The largest absolute Gasteiger partial charge is 0.504 e. The van der Waals surface area contributed by atoms with Crippen molar-refractivity contribution < 1.29 is 14.6 Å². The second kappa shape index (κ2) is 8.71. The summed E-state index contributed by atoms with van der Waals surface area (Å²) in [5.74, 6) is 0.0583. The molecule has 4 rings (SSSR count). The predicted octanol–water partition coefficient (Wildman–Crippen LogP) is 3.41. The van der Waals surface area contributed by atoms with Crippen LogP contribution < -0.4 is 15.6 Å². The lowest BCUT2D eigenvalue weighted by atomic mass is 10.1. The molecule has 0 atom stereocenters. The lowest BCUT2D eigenvalue weighted by Crippen LogP contribution is -2.25. The number of amides is 1. The second-order valence-corrected chi connectivity index (χ2v) is 6.90. The maximum absolute atomic E-state index is 12.8. The minimum atomic E-state index is -0.334. The number of hydrogen-bond acceptors (Lipinski definition) is 5. The first-order valence-electron chi connectivity index (χ1n) is 9.86. The summed E-state index contributed by atoms with van der Waals surface area (Å²) in [7, 11) is 0. The molecule has 0 unspecified atom stereocenters. The van der Waals surface area contributed by atoms with Gasteiger partial charge in [0.05, 0.1) is 23.9 Å². The molecular formula is C24H21N3O4. The molecule has 0 radical (unpaired) electrons. The van der Waals surface area contributed by atoms with Crippen molar-refractivity contribution in [2.75, 3.05) is 6.61 Å². The highest BCUT2D eigenvalue weighted by atomic mass is 16.5. The fraction of sp³-hybridized carbons (Fsp3) is 0.125. The Morgan fingerprint density at radius 3 is 2.35 bits per heavy atom. The van der Waals surface area contributed by atoms with E-state index in [1.165, 1.54) is 12.3 Å². The van der Waals surface area contributed by atoms with Crippen molar-refractivity contribution >= 4 is 33.9 Å². The Morgan fingerprint density at radius 1 is 1.06 bits per heavy atom. The molecule has 7 heteroatoms. The van der Waals surface area contributed by atoms with Gasteiger partial charge in [0.15, 0.2) is 16.9 Å². The molecule has 0 saturated heterocycles. The Balaban J connectivity index is 1.59. The van der Waals surface area contributed by atoms with Crippen LogP contribution in [0.25, 0.3) is 21.8 Å². The summed E-state index contributed by atoms with van der Waals surface area (Å²) in [4.78, 5) is 25.4. The SMILES string of the molecule is CCOc1cc(C=NNC(=O)Cn2c3ccccc3c(=O)c3ccccc32)ccc1O. The number of rotatable bonds is 6. The normalized spacial score (nSPS) is 11.3. The zero-order valence-corrected chi connectivity index (χ0v) is 16.9. The van der Waals surface area contributed by atoms with Crippen LogP contribution in [0, 0.1) is 0 Å². The fourth-order valence-corrected chi connectivity index (χ4v) is 3.49. The molecule has 0 aliphatic carbocycles. The minimum Gasteiger partial charge on any atom is -0.504 e. The Morgan fingerprint density at radius 2 is 1.71 bits per heavy atom. The van der Waals surface area contributed by atoms with Gasteiger partial charge in [0.1, 0.15) is 6.54 Å². The molecule has 7 nitrogen and oxygen atoms in total. The van der Waals surface area contributed by atoms with Gasteiger partial charge in [-0.2, -0.15) is 5.10 Å². The van der Waals surface area contributed by atoms with Gasteiger partial charge in [-0.25, -0.2) is 5.43 Å². The van der Waals surface area contributed by atoms with Crippen LogP contribution in [-0.4, -0.2) is 28.4 Å². The first kappa shape index (κ1) is 20.2. The van der Waals surface area contributed by atoms with Gasteiger partial charge in [0, 0.05) is 10.8 Å². The number of para-hydroxylation sites is 2. The lowest BCUT2D eigenvalue weighted by Gasteiger charge is -2.14. The molecule has 1 amide bonds. The number of hydrogen-bond donors (Lipinski definition) is 2. The zero-order chi connectivity index (χ0) is 21.8. The van der Waals surface area contributed by atoms with E-state index in [-0.39, 0.29) is 23.6 Å². The van der Waals surface area contributed by atoms with Gasteiger partial charge < -0.3 is 14.4 Å². The van der Waals surface area contributed by atoms with Crippen molar-refractivity contribution in [2.24, 2.45) is 5.10 Å². The van der Waals surface area contributed by atoms with E-state index in [0.29, 0.717) is 39.7 Å². The Labute approximate surface area is 178 Å². The molecule has 0 bridgehead atoms. The summed E-state index contributed by atoms with van der Waals surface area (Å²) in [6, 6.07) is 19.3. The van der Waals surface area contributed by atoms with E-state index in [1.54, 1.807) is 36.4 Å². The molecule has 0 spiro atoms. The van der Waals surface area contributed by atoms with E-state index < -0.39 is 0 Å². The number of carbonyl (C=O) groups is 1. The third-order valence-corrected chi connectivity index (χ3v) is 4.87. The van der Waals surface area contributed by atoms with Gasteiger partial charge in [-0.05, 0) is 55.0 Å². The van der Waals surface area contributed by atoms with Gasteiger partial charge in [-0.3, -0.25) is 9.59 Å². The number of nitrogens with one attached hydrogen (secondary N) is 1. The maximum atomic E-state index is 12.8. The smallest absolute Gasteiger partial charge is 0.260 e. The first-order chi connectivity index (χ1) is 15.1. The van der Waals surface area contributed by atoms with Crippen LogP contribution in [0.5, 0.6) is 11.5 Å². The van der Waals surface area contributed by atoms with E-state index in [0.717, 1.165) is 0 Å².